The van der Waals surface area contributed by atoms with Crippen LogP contribution in [0.5, 0.6) is 0 Å². The minimum Gasteiger partial charge on any atom is -0.378 e. The summed E-state index contributed by atoms with van der Waals surface area (Å²) < 4.78 is 44.7. The number of aryl methyl sites for hydroxylation is 1. The summed E-state index contributed by atoms with van der Waals surface area (Å²) in [4.78, 5) is 14.2. The first-order valence-corrected chi connectivity index (χ1v) is 8.98. The molecule has 0 aromatic heterocycles. The maximum absolute atomic E-state index is 13.1. The Balaban J connectivity index is 1.77. The Kier molecular flexibility index (Phi) is 6.08. The van der Waals surface area contributed by atoms with Crippen molar-refractivity contribution in [3.63, 3.8) is 0 Å². The second-order valence-corrected chi connectivity index (χ2v) is 6.56. The van der Waals surface area contributed by atoms with E-state index in [0.717, 1.165) is 23.3 Å². The zero-order valence-corrected chi connectivity index (χ0v) is 15.5. The van der Waals surface area contributed by atoms with Crippen molar-refractivity contribution >= 4 is 17.4 Å². The van der Waals surface area contributed by atoms with Gasteiger partial charge in [-0.3, -0.25) is 0 Å². The second kappa shape index (κ2) is 8.52. The molecular weight excluding hydrogens is 371 g/mol. The number of morpholine rings is 1. The van der Waals surface area contributed by atoms with Gasteiger partial charge in [-0.1, -0.05) is 24.3 Å². The fourth-order valence-corrected chi connectivity index (χ4v) is 3.04. The maximum Gasteiger partial charge on any atom is 0.416 e. The predicted molar refractivity (Wildman–Crippen MR) is 102 cm³/mol. The molecule has 0 aliphatic carbocycles. The Morgan fingerprint density at radius 3 is 2.54 bits per heavy atom. The lowest BCUT2D eigenvalue weighted by molar-refractivity contribution is -0.137. The molecule has 150 valence electrons. The molecule has 2 N–H and O–H groups in total. The van der Waals surface area contributed by atoms with Gasteiger partial charge in [-0.25, -0.2) is 4.79 Å². The molecule has 0 atom stereocenters. The average molecular weight is 393 g/mol. The lowest BCUT2D eigenvalue weighted by Gasteiger charge is -2.31. The lowest BCUT2D eigenvalue weighted by Crippen LogP contribution is -2.37. The zero-order chi connectivity index (χ0) is 20.1. The number of hydrogen-bond donors (Lipinski definition) is 2. The van der Waals surface area contributed by atoms with E-state index in [2.05, 4.69) is 10.6 Å². The van der Waals surface area contributed by atoms with Crippen LogP contribution < -0.4 is 15.5 Å². The molecule has 1 aliphatic heterocycles. The molecule has 0 bridgehead atoms. The van der Waals surface area contributed by atoms with Crippen LogP contribution in [0.1, 0.15) is 16.7 Å². The molecule has 0 saturated carbocycles. The van der Waals surface area contributed by atoms with Gasteiger partial charge >= 0.3 is 12.2 Å². The number of urea groups is 1. The van der Waals surface area contributed by atoms with Gasteiger partial charge in [0.2, 0.25) is 0 Å². The topological polar surface area (TPSA) is 53.6 Å². The molecule has 1 fully saturated rings. The fourth-order valence-electron chi connectivity index (χ4n) is 3.04. The number of ether oxygens (including phenoxy) is 1. The first-order chi connectivity index (χ1) is 13.3. The van der Waals surface area contributed by atoms with Crippen molar-refractivity contribution in [3.05, 3.63) is 59.2 Å². The van der Waals surface area contributed by atoms with E-state index in [1.165, 1.54) is 6.07 Å². The molecule has 0 unspecified atom stereocenters. The number of nitrogens with zero attached hydrogens (tertiary/aromatic N) is 1. The minimum absolute atomic E-state index is 0.124. The maximum atomic E-state index is 13.1. The first-order valence-electron chi connectivity index (χ1n) is 8.98. The summed E-state index contributed by atoms with van der Waals surface area (Å²) in [5.41, 5.74) is 1.83. The van der Waals surface area contributed by atoms with E-state index in [4.69, 9.17) is 4.74 Å². The van der Waals surface area contributed by atoms with Crippen LogP contribution in [-0.4, -0.2) is 32.3 Å². The average Bonchev–Trinajstić information content (AvgIpc) is 2.67. The van der Waals surface area contributed by atoms with E-state index in [-0.39, 0.29) is 12.2 Å². The number of benzene rings is 2. The summed E-state index contributed by atoms with van der Waals surface area (Å²) >= 11 is 0. The van der Waals surface area contributed by atoms with Gasteiger partial charge in [-0.15, -0.1) is 0 Å². The Bertz CT molecular complexity index is 834. The molecule has 2 amide bonds. The number of carbonyl (C=O) groups excluding carboxylic acids is 1. The van der Waals surface area contributed by atoms with Crippen LogP contribution in [0, 0.1) is 6.92 Å². The molecule has 3 rings (SSSR count). The van der Waals surface area contributed by atoms with Crippen LogP contribution in [-0.2, 0) is 17.5 Å². The third kappa shape index (κ3) is 4.95. The number of alkyl halides is 3. The van der Waals surface area contributed by atoms with E-state index >= 15 is 0 Å². The number of nitrogens with one attached hydrogen (secondary N) is 2. The molecule has 8 heteroatoms. The van der Waals surface area contributed by atoms with Gasteiger partial charge in [0, 0.05) is 19.6 Å². The summed E-state index contributed by atoms with van der Waals surface area (Å²) in [5, 5.41) is 5.28. The first kappa shape index (κ1) is 20.0. The van der Waals surface area contributed by atoms with Gasteiger partial charge in [0.15, 0.2) is 0 Å². The van der Waals surface area contributed by atoms with Crippen molar-refractivity contribution in [1.29, 1.82) is 0 Å². The highest BCUT2D eigenvalue weighted by atomic mass is 19.4. The van der Waals surface area contributed by atoms with E-state index in [9.17, 15) is 18.0 Å². The highest BCUT2D eigenvalue weighted by Gasteiger charge is 2.31. The number of halogens is 3. The van der Waals surface area contributed by atoms with Crippen LogP contribution in [0.4, 0.5) is 29.3 Å². The minimum atomic E-state index is -4.49. The van der Waals surface area contributed by atoms with Crippen molar-refractivity contribution in [3.8, 4) is 0 Å². The monoisotopic (exact) mass is 393 g/mol. The Morgan fingerprint density at radius 2 is 1.86 bits per heavy atom. The molecule has 5 nitrogen and oxygen atoms in total. The summed E-state index contributed by atoms with van der Waals surface area (Å²) in [6.45, 7) is 4.28. The summed E-state index contributed by atoms with van der Waals surface area (Å²) in [6.07, 6.45) is -4.49. The quantitative estimate of drug-likeness (QED) is 0.820. The third-order valence-electron chi connectivity index (χ3n) is 4.62. The number of anilines is 2. The van der Waals surface area contributed by atoms with Gasteiger partial charge in [0.1, 0.15) is 0 Å². The Morgan fingerprint density at radius 1 is 1.14 bits per heavy atom. The molecule has 0 spiro atoms. The van der Waals surface area contributed by atoms with Gasteiger partial charge in [-0.05, 0) is 36.2 Å². The molecule has 2 aromatic carbocycles. The zero-order valence-electron chi connectivity index (χ0n) is 15.5. The van der Waals surface area contributed by atoms with Crippen molar-refractivity contribution in [1.82, 2.24) is 5.32 Å². The van der Waals surface area contributed by atoms with Crippen LogP contribution in [0.25, 0.3) is 0 Å². The highest BCUT2D eigenvalue weighted by Crippen LogP contribution is 2.35. The van der Waals surface area contributed by atoms with Gasteiger partial charge < -0.3 is 20.3 Å². The number of rotatable bonds is 4. The van der Waals surface area contributed by atoms with Gasteiger partial charge in [-0.2, -0.15) is 13.2 Å². The number of carbonyl (C=O) groups is 1. The highest BCUT2D eigenvalue weighted by molar-refractivity contribution is 5.93. The number of hydrogen-bond acceptors (Lipinski definition) is 3. The molecular formula is C20H22F3N3O2. The molecule has 1 saturated heterocycles. The third-order valence-corrected chi connectivity index (χ3v) is 4.62. The molecule has 0 radical (unpaired) electrons. The van der Waals surface area contributed by atoms with E-state index < -0.39 is 17.8 Å². The molecule has 28 heavy (non-hydrogen) atoms. The van der Waals surface area contributed by atoms with Crippen molar-refractivity contribution in [2.45, 2.75) is 19.6 Å². The predicted octanol–water partition coefficient (Wildman–Crippen LogP) is 4.17. The van der Waals surface area contributed by atoms with Crippen molar-refractivity contribution in [2.24, 2.45) is 0 Å². The molecule has 1 aliphatic rings. The standard InChI is InChI=1S/C20H22F3N3O2/c1-14-4-2-3-5-15(14)13-24-19(27)25-17-12-16(20(21,22)23)6-7-18(17)26-8-10-28-11-9-26/h2-7,12H,8-11,13H2,1H3,(H2,24,25,27). The summed E-state index contributed by atoms with van der Waals surface area (Å²) in [6, 6.07) is 10.4. The smallest absolute Gasteiger partial charge is 0.378 e. The van der Waals surface area contributed by atoms with Crippen LogP contribution in [0.3, 0.4) is 0 Å². The van der Waals surface area contributed by atoms with Crippen LogP contribution >= 0.6 is 0 Å². The molecule has 2 aromatic rings. The summed E-state index contributed by atoms with van der Waals surface area (Å²) in [5.74, 6) is 0. The Hall–Kier alpha value is -2.74. The van der Waals surface area contributed by atoms with Gasteiger partial charge in [0.25, 0.3) is 0 Å². The normalized spacial score (nSPS) is 14.6. The summed E-state index contributed by atoms with van der Waals surface area (Å²) in [7, 11) is 0. The van der Waals surface area contributed by atoms with Crippen LogP contribution in [0.15, 0.2) is 42.5 Å². The second-order valence-electron chi connectivity index (χ2n) is 6.56. The largest absolute Gasteiger partial charge is 0.416 e. The van der Waals surface area contributed by atoms with E-state index in [0.29, 0.717) is 32.0 Å². The fraction of sp³-hybridized carbons (Fsp3) is 0.350. The van der Waals surface area contributed by atoms with Crippen LogP contribution in [0.2, 0.25) is 0 Å². The lowest BCUT2D eigenvalue weighted by atomic mass is 10.1. The van der Waals surface area contributed by atoms with E-state index in [1.807, 2.05) is 36.1 Å². The van der Waals surface area contributed by atoms with Crippen molar-refractivity contribution in [2.75, 3.05) is 36.5 Å². The number of amides is 2. The Labute approximate surface area is 161 Å². The van der Waals surface area contributed by atoms with Crippen molar-refractivity contribution < 1.29 is 22.7 Å². The van der Waals surface area contributed by atoms with E-state index in [1.54, 1.807) is 0 Å². The molecule has 1 heterocycles. The van der Waals surface area contributed by atoms with Gasteiger partial charge in [0.05, 0.1) is 30.2 Å². The SMILES string of the molecule is Cc1ccccc1CNC(=O)Nc1cc(C(F)(F)F)ccc1N1CCOCC1.